The number of amides is 1. The number of para-hydroxylation sites is 1. The summed E-state index contributed by atoms with van der Waals surface area (Å²) in [5.74, 6) is 0.601. The molecule has 0 aliphatic carbocycles. The first-order valence-corrected chi connectivity index (χ1v) is 7.09. The summed E-state index contributed by atoms with van der Waals surface area (Å²) >= 11 is 0. The molecule has 2 atom stereocenters. The molecule has 1 aromatic heterocycles. The van der Waals surface area contributed by atoms with Crippen molar-refractivity contribution in [3.63, 3.8) is 0 Å². The van der Waals surface area contributed by atoms with Gasteiger partial charge in [0.25, 0.3) is 5.95 Å². The highest BCUT2D eigenvalue weighted by Crippen LogP contribution is 2.28. The van der Waals surface area contributed by atoms with Crippen LogP contribution in [-0.2, 0) is 11.3 Å². The number of H-pyrrole nitrogens is 1. The summed E-state index contributed by atoms with van der Waals surface area (Å²) in [6, 6.07) is 7.48. The number of carbonyl (C=O) groups is 1. The zero-order chi connectivity index (χ0) is 14.8. The molecule has 110 valence electrons. The highest BCUT2D eigenvalue weighted by atomic mass is 16.2. The van der Waals surface area contributed by atoms with Gasteiger partial charge in [-0.15, -0.1) is 5.10 Å². The van der Waals surface area contributed by atoms with Crippen molar-refractivity contribution in [3.8, 4) is 0 Å². The number of benzene rings is 1. The van der Waals surface area contributed by atoms with Gasteiger partial charge in [-0.3, -0.25) is 4.79 Å². The Morgan fingerprint density at radius 3 is 2.95 bits per heavy atom. The molecule has 0 spiro atoms. The summed E-state index contributed by atoms with van der Waals surface area (Å²) in [6.07, 6.45) is 0.892. The van der Waals surface area contributed by atoms with Crippen LogP contribution in [0.2, 0.25) is 0 Å². The zero-order valence-electron chi connectivity index (χ0n) is 12.1. The summed E-state index contributed by atoms with van der Waals surface area (Å²) in [5.41, 5.74) is 1.89. The lowest BCUT2D eigenvalue weighted by Crippen LogP contribution is -2.46. The third-order valence-corrected chi connectivity index (χ3v) is 3.99. The Kier molecular flexibility index (Phi) is 3.55. The largest absolute Gasteiger partial charge is 0.324 e. The van der Waals surface area contributed by atoms with Gasteiger partial charge in [0.2, 0.25) is 5.91 Å². The van der Waals surface area contributed by atoms with Crippen LogP contribution in [0.4, 0.5) is 11.6 Å². The van der Waals surface area contributed by atoms with Crippen LogP contribution in [0.1, 0.15) is 25.8 Å². The quantitative estimate of drug-likeness (QED) is 0.894. The molecule has 21 heavy (non-hydrogen) atoms. The number of nitrogens with one attached hydrogen (secondary N) is 2. The summed E-state index contributed by atoms with van der Waals surface area (Å²) < 4.78 is 0. The molecule has 3 rings (SSSR count). The zero-order valence-corrected chi connectivity index (χ0v) is 12.1. The van der Waals surface area contributed by atoms with Crippen LogP contribution in [0.25, 0.3) is 0 Å². The van der Waals surface area contributed by atoms with Crippen LogP contribution in [0.3, 0.4) is 0 Å². The van der Waals surface area contributed by atoms with Crippen molar-refractivity contribution in [2.24, 2.45) is 5.92 Å². The Hall–Kier alpha value is -2.44. The van der Waals surface area contributed by atoms with Crippen molar-refractivity contribution in [2.75, 3.05) is 10.2 Å². The highest BCUT2D eigenvalue weighted by molar-refractivity contribution is 5.98. The van der Waals surface area contributed by atoms with E-state index in [4.69, 9.17) is 0 Å². The van der Waals surface area contributed by atoms with E-state index in [-0.39, 0.29) is 17.9 Å². The smallest absolute Gasteiger partial charge is 0.266 e. The Labute approximate surface area is 122 Å². The first-order valence-electron chi connectivity index (χ1n) is 7.09. The molecular formula is C14H18N6O. The Balaban J connectivity index is 2.05. The molecule has 0 saturated heterocycles. The van der Waals surface area contributed by atoms with Crippen molar-refractivity contribution >= 4 is 17.5 Å². The maximum Gasteiger partial charge on any atom is 0.266 e. The molecular weight excluding hydrogens is 268 g/mol. The molecule has 1 aromatic carbocycles. The summed E-state index contributed by atoms with van der Waals surface area (Å²) in [5, 5.41) is 17.2. The standard InChI is InChI=1S/C14H18N6O/c1-3-9(2)12-13(21)15-11-7-5-4-6-10(11)8-20(12)14-16-18-19-17-14/h4-7,9,12H,3,8H2,1-2H3,(H,15,21)(H,16,17,18,19)/t9-,12-/m0/s1. The van der Waals surface area contributed by atoms with Crippen LogP contribution >= 0.6 is 0 Å². The van der Waals surface area contributed by atoms with E-state index in [9.17, 15) is 4.79 Å². The lowest BCUT2D eigenvalue weighted by atomic mass is 9.97. The molecule has 0 unspecified atom stereocenters. The van der Waals surface area contributed by atoms with Crippen LogP contribution in [0.5, 0.6) is 0 Å². The first-order chi connectivity index (χ1) is 10.2. The number of hydrogen-bond acceptors (Lipinski definition) is 5. The van der Waals surface area contributed by atoms with Crippen LogP contribution < -0.4 is 10.2 Å². The lowest BCUT2D eigenvalue weighted by Gasteiger charge is -2.31. The minimum atomic E-state index is -0.319. The molecule has 0 fully saturated rings. The van der Waals surface area contributed by atoms with Gasteiger partial charge < -0.3 is 10.2 Å². The molecule has 2 heterocycles. The number of tetrazole rings is 1. The number of carbonyl (C=O) groups excluding carboxylic acids is 1. The third-order valence-electron chi connectivity index (χ3n) is 3.99. The average Bonchev–Trinajstić information content (AvgIpc) is 2.97. The number of aromatic nitrogens is 4. The Bertz CT molecular complexity index is 626. The normalized spacial score (nSPS) is 19.6. The summed E-state index contributed by atoms with van der Waals surface area (Å²) in [7, 11) is 0. The van der Waals surface area contributed by atoms with Gasteiger partial charge in [-0.1, -0.05) is 43.6 Å². The monoisotopic (exact) mass is 286 g/mol. The minimum absolute atomic E-state index is 0.0286. The van der Waals surface area contributed by atoms with Crippen molar-refractivity contribution in [1.82, 2.24) is 20.6 Å². The van der Waals surface area contributed by atoms with Crippen molar-refractivity contribution in [1.29, 1.82) is 0 Å². The van der Waals surface area contributed by atoms with Gasteiger partial charge in [-0.25, -0.2) is 0 Å². The molecule has 1 aliphatic heterocycles. The van der Waals surface area contributed by atoms with Crippen LogP contribution in [-0.4, -0.2) is 32.6 Å². The topological polar surface area (TPSA) is 86.8 Å². The number of nitrogens with zero attached hydrogens (tertiary/aromatic N) is 4. The average molecular weight is 286 g/mol. The molecule has 7 nitrogen and oxygen atoms in total. The summed E-state index contributed by atoms with van der Waals surface area (Å²) in [6.45, 7) is 4.71. The van der Waals surface area contributed by atoms with Gasteiger partial charge in [-0.2, -0.15) is 5.21 Å². The van der Waals surface area contributed by atoms with Gasteiger partial charge >= 0.3 is 0 Å². The van der Waals surface area contributed by atoms with E-state index in [1.54, 1.807) is 0 Å². The van der Waals surface area contributed by atoms with Gasteiger partial charge in [0.05, 0.1) is 0 Å². The first kappa shape index (κ1) is 13.5. The highest BCUT2D eigenvalue weighted by Gasteiger charge is 2.35. The van der Waals surface area contributed by atoms with E-state index in [0.29, 0.717) is 12.5 Å². The predicted molar refractivity (Wildman–Crippen MR) is 78.7 cm³/mol. The molecule has 0 bridgehead atoms. The van der Waals surface area contributed by atoms with Crippen molar-refractivity contribution in [3.05, 3.63) is 29.8 Å². The number of anilines is 2. The number of aromatic amines is 1. The maximum atomic E-state index is 12.6. The molecule has 2 aromatic rings. The number of hydrogen-bond donors (Lipinski definition) is 2. The Morgan fingerprint density at radius 1 is 1.43 bits per heavy atom. The number of rotatable bonds is 3. The fourth-order valence-corrected chi connectivity index (χ4v) is 2.67. The number of fused-ring (bicyclic) bond motifs is 1. The van der Waals surface area contributed by atoms with E-state index in [1.807, 2.05) is 29.2 Å². The van der Waals surface area contributed by atoms with E-state index < -0.39 is 0 Å². The van der Waals surface area contributed by atoms with Gasteiger partial charge in [0.1, 0.15) is 6.04 Å². The van der Waals surface area contributed by atoms with Crippen LogP contribution in [0, 0.1) is 5.92 Å². The predicted octanol–water partition coefficient (Wildman–Crippen LogP) is 1.57. The molecule has 2 N–H and O–H groups in total. The van der Waals surface area contributed by atoms with Gasteiger partial charge in [0.15, 0.2) is 0 Å². The summed E-state index contributed by atoms with van der Waals surface area (Å²) in [4.78, 5) is 14.6. The van der Waals surface area contributed by atoms with Gasteiger partial charge in [0, 0.05) is 12.2 Å². The SMILES string of the molecule is CC[C@H](C)[C@H]1C(=O)Nc2ccccc2CN1c1nn[nH]n1. The fourth-order valence-electron chi connectivity index (χ4n) is 2.67. The van der Waals surface area contributed by atoms with Gasteiger partial charge in [-0.05, 0) is 22.8 Å². The van der Waals surface area contributed by atoms with Crippen LogP contribution in [0.15, 0.2) is 24.3 Å². The van der Waals surface area contributed by atoms with E-state index >= 15 is 0 Å². The van der Waals surface area contributed by atoms with E-state index in [1.165, 1.54) is 0 Å². The Morgan fingerprint density at radius 2 is 2.24 bits per heavy atom. The molecule has 0 radical (unpaired) electrons. The lowest BCUT2D eigenvalue weighted by molar-refractivity contribution is -0.118. The maximum absolute atomic E-state index is 12.6. The minimum Gasteiger partial charge on any atom is -0.324 e. The van der Waals surface area contributed by atoms with E-state index in [0.717, 1.165) is 17.7 Å². The van der Waals surface area contributed by atoms with Crippen molar-refractivity contribution < 1.29 is 4.79 Å². The fraction of sp³-hybridized carbons (Fsp3) is 0.429. The molecule has 7 heteroatoms. The van der Waals surface area contributed by atoms with E-state index in [2.05, 4.69) is 39.8 Å². The second-order valence-corrected chi connectivity index (χ2v) is 5.32. The third kappa shape index (κ3) is 2.46. The molecule has 1 aliphatic rings. The second kappa shape index (κ2) is 5.51. The molecule has 1 amide bonds. The molecule has 0 saturated carbocycles. The second-order valence-electron chi connectivity index (χ2n) is 5.32. The van der Waals surface area contributed by atoms with Crippen molar-refractivity contribution in [2.45, 2.75) is 32.9 Å².